The van der Waals surface area contributed by atoms with Crippen LogP contribution in [0.15, 0.2) is 315 Å². The fourth-order valence-electron chi connectivity index (χ4n) is 13.9. The Morgan fingerprint density at radius 2 is 0.768 bits per heavy atom. The van der Waals surface area contributed by atoms with Crippen molar-refractivity contribution in [3.8, 4) is 22.3 Å². The molecule has 3 nitrogen and oxygen atoms in total. The van der Waals surface area contributed by atoms with Crippen molar-refractivity contribution >= 4 is 45.8 Å². The van der Waals surface area contributed by atoms with Crippen molar-refractivity contribution in [3.05, 3.63) is 388 Å². The lowest BCUT2D eigenvalue weighted by Gasteiger charge is -2.36. The van der Waals surface area contributed by atoms with Crippen LogP contribution in [0.3, 0.4) is 0 Å². The molecule has 0 bridgehead atoms. The van der Waals surface area contributed by atoms with Gasteiger partial charge in [-0.05, 0) is 103 Å². The second-order valence-electron chi connectivity index (χ2n) is 21.5. The first-order valence-corrected chi connectivity index (χ1v) is 28.3. The zero-order valence-corrected chi connectivity index (χ0v) is 45.0. The molecule has 15 rings (SSSR count). The van der Waals surface area contributed by atoms with Gasteiger partial charge in [-0.1, -0.05) is 291 Å². The first-order chi connectivity index (χ1) is 40.6. The molecule has 12 aromatic carbocycles. The van der Waals surface area contributed by atoms with Crippen LogP contribution in [-0.2, 0) is 10.8 Å². The average molecular weight is 1050 g/mol. The van der Waals surface area contributed by atoms with E-state index in [4.69, 9.17) is 0 Å². The van der Waals surface area contributed by atoms with Crippen LogP contribution >= 0.6 is 0 Å². The molecular weight excluding hydrogens is 991 g/mol. The lowest BCUT2D eigenvalue weighted by molar-refractivity contribution is 0.768. The molecule has 3 aliphatic rings. The van der Waals surface area contributed by atoms with Gasteiger partial charge in [0.2, 0.25) is 0 Å². The second kappa shape index (κ2) is 19.9. The third kappa shape index (κ3) is 7.47. The SMILES string of the molecule is N=C(/C(=C1\NC(c2ccccc2)=Cc2c1cccc2N(c1ccc2c(c1)C(c1ccccc1)(c1ccccc1)c1ccccc1-2)c1cccc2c1-c1ccccc1C2(c1ccccc1)c1ccccc1)c1ccccc1)c1ccccc1. The summed E-state index contributed by atoms with van der Waals surface area (Å²) in [6.07, 6.45) is 2.34. The molecule has 0 fully saturated rings. The van der Waals surface area contributed by atoms with Gasteiger partial charge in [0.15, 0.2) is 0 Å². The third-order valence-corrected chi connectivity index (χ3v) is 17.3. The minimum Gasteiger partial charge on any atom is -0.354 e. The standard InChI is InChI=1S/C79H55N3/c80-76(56-32-12-3-13-33-56)74(55-30-10-2-11-31-55)77-64-44-26-48-72(66(64)53-71(81-77)54-28-8-1-9-29-54)82(61-50-51-63-62-42-22-24-45-67(62)79(70(63)52-61,59-38-18-6-19-39-59)60-40-20-7-21-41-60)73-49-27-47-69-75(73)65-43-23-25-46-68(65)78(69,57-34-14-4-15-35-57)58-36-16-5-17-37-58/h1-53,80-81H/b77-74-,80-76?. The normalized spacial score (nSPS) is 14.4. The maximum Gasteiger partial charge on any atom is 0.0714 e. The Hall–Kier alpha value is -10.6. The Kier molecular flexibility index (Phi) is 11.8. The highest BCUT2D eigenvalue weighted by molar-refractivity contribution is 6.36. The van der Waals surface area contributed by atoms with E-state index in [1.54, 1.807) is 0 Å². The average Bonchev–Trinajstić information content (AvgIpc) is 2.34. The summed E-state index contributed by atoms with van der Waals surface area (Å²) in [7, 11) is 0. The third-order valence-electron chi connectivity index (χ3n) is 17.3. The maximum absolute atomic E-state index is 10.2. The van der Waals surface area contributed by atoms with Crippen LogP contribution in [0.4, 0.5) is 17.1 Å². The topological polar surface area (TPSA) is 39.1 Å². The molecule has 0 aromatic heterocycles. The molecule has 0 unspecified atom stereocenters. The second-order valence-corrected chi connectivity index (χ2v) is 21.5. The largest absolute Gasteiger partial charge is 0.354 e. The monoisotopic (exact) mass is 1050 g/mol. The molecule has 0 radical (unpaired) electrons. The molecule has 1 heterocycles. The highest BCUT2D eigenvalue weighted by Crippen LogP contribution is 2.62. The highest BCUT2D eigenvalue weighted by atomic mass is 15.2. The van der Waals surface area contributed by atoms with Gasteiger partial charge < -0.3 is 10.2 Å². The molecule has 386 valence electrons. The van der Waals surface area contributed by atoms with Gasteiger partial charge in [0.1, 0.15) is 0 Å². The summed E-state index contributed by atoms with van der Waals surface area (Å²) >= 11 is 0. The molecule has 2 N–H and O–H groups in total. The molecule has 82 heavy (non-hydrogen) atoms. The summed E-state index contributed by atoms with van der Waals surface area (Å²) in [6, 6.07) is 115. The molecule has 12 aromatic rings. The smallest absolute Gasteiger partial charge is 0.0714 e. The predicted octanol–water partition coefficient (Wildman–Crippen LogP) is 18.9. The van der Waals surface area contributed by atoms with Crippen molar-refractivity contribution in [2.45, 2.75) is 10.8 Å². The maximum atomic E-state index is 10.2. The van der Waals surface area contributed by atoms with Crippen molar-refractivity contribution in [3.63, 3.8) is 0 Å². The molecule has 2 aliphatic carbocycles. The van der Waals surface area contributed by atoms with Gasteiger partial charge in [-0.15, -0.1) is 0 Å². The van der Waals surface area contributed by atoms with E-state index in [1.807, 2.05) is 36.4 Å². The van der Waals surface area contributed by atoms with E-state index in [0.29, 0.717) is 5.71 Å². The Morgan fingerprint density at radius 3 is 1.35 bits per heavy atom. The van der Waals surface area contributed by atoms with Crippen molar-refractivity contribution in [2.75, 3.05) is 4.90 Å². The quantitative estimate of drug-likeness (QED) is 0.127. The fraction of sp³-hybridized carbons (Fsp3) is 0.0253. The number of rotatable bonds is 11. The molecule has 0 saturated heterocycles. The van der Waals surface area contributed by atoms with Crippen molar-refractivity contribution in [1.82, 2.24) is 5.32 Å². The predicted molar refractivity (Wildman–Crippen MR) is 340 cm³/mol. The van der Waals surface area contributed by atoms with Gasteiger partial charge in [0.25, 0.3) is 0 Å². The zero-order chi connectivity index (χ0) is 54.6. The van der Waals surface area contributed by atoms with Crippen LogP contribution in [0, 0.1) is 5.41 Å². The number of nitrogens with one attached hydrogen (secondary N) is 2. The van der Waals surface area contributed by atoms with Gasteiger partial charge in [0, 0.05) is 39.2 Å². The van der Waals surface area contributed by atoms with E-state index in [1.165, 1.54) is 66.8 Å². The van der Waals surface area contributed by atoms with E-state index >= 15 is 0 Å². The van der Waals surface area contributed by atoms with Crippen molar-refractivity contribution < 1.29 is 0 Å². The summed E-state index contributed by atoms with van der Waals surface area (Å²) in [6.45, 7) is 0. The van der Waals surface area contributed by atoms with Crippen molar-refractivity contribution in [2.24, 2.45) is 0 Å². The lowest BCUT2D eigenvalue weighted by Crippen LogP contribution is -2.29. The van der Waals surface area contributed by atoms with E-state index in [0.717, 1.165) is 61.8 Å². The fourth-order valence-corrected chi connectivity index (χ4v) is 13.9. The van der Waals surface area contributed by atoms with E-state index < -0.39 is 10.8 Å². The van der Waals surface area contributed by atoms with Gasteiger partial charge in [-0.2, -0.15) is 0 Å². The first-order valence-electron chi connectivity index (χ1n) is 28.3. The summed E-state index contributed by atoms with van der Waals surface area (Å²) in [5.41, 5.74) is 24.4. The molecular formula is C79H55N3. The Bertz CT molecular complexity index is 4380. The first kappa shape index (κ1) is 48.5. The molecule has 0 atom stereocenters. The van der Waals surface area contributed by atoms with Crippen LogP contribution in [0.5, 0.6) is 0 Å². The molecule has 0 saturated carbocycles. The van der Waals surface area contributed by atoms with Gasteiger partial charge in [-0.3, -0.25) is 5.41 Å². The van der Waals surface area contributed by atoms with Crippen LogP contribution < -0.4 is 10.2 Å². The Balaban J connectivity index is 1.08. The van der Waals surface area contributed by atoms with Crippen LogP contribution in [0.1, 0.15) is 72.3 Å². The molecule has 1 aliphatic heterocycles. The van der Waals surface area contributed by atoms with Crippen LogP contribution in [-0.4, -0.2) is 5.71 Å². The van der Waals surface area contributed by atoms with Crippen LogP contribution in [0.2, 0.25) is 0 Å². The summed E-state index contributed by atoms with van der Waals surface area (Å²) in [5, 5.41) is 14.2. The number of allylic oxidation sites excluding steroid dienone is 1. The number of fused-ring (bicyclic) bond motifs is 7. The number of hydrogen-bond acceptors (Lipinski definition) is 3. The van der Waals surface area contributed by atoms with Gasteiger partial charge in [-0.25, -0.2) is 0 Å². The highest BCUT2D eigenvalue weighted by Gasteiger charge is 2.49. The van der Waals surface area contributed by atoms with E-state index in [2.05, 4.69) is 295 Å². The summed E-state index contributed by atoms with van der Waals surface area (Å²) in [4.78, 5) is 2.55. The minimum absolute atomic E-state index is 0.434. The Morgan fingerprint density at radius 1 is 0.341 bits per heavy atom. The van der Waals surface area contributed by atoms with Crippen molar-refractivity contribution in [1.29, 1.82) is 5.41 Å². The summed E-state index contributed by atoms with van der Waals surface area (Å²) in [5.74, 6) is 0. The van der Waals surface area contributed by atoms with E-state index in [9.17, 15) is 5.41 Å². The van der Waals surface area contributed by atoms with Crippen LogP contribution in [0.25, 0.3) is 45.3 Å². The summed E-state index contributed by atoms with van der Waals surface area (Å²) < 4.78 is 0. The number of anilines is 3. The molecule has 3 heteroatoms. The molecule has 0 spiro atoms. The molecule has 0 amide bonds. The van der Waals surface area contributed by atoms with Gasteiger partial charge in [0.05, 0.1) is 33.6 Å². The number of benzene rings is 12. The number of nitrogens with zero attached hydrogens (tertiary/aromatic N) is 1. The van der Waals surface area contributed by atoms with Gasteiger partial charge >= 0.3 is 0 Å². The number of hydrogen-bond donors (Lipinski definition) is 2. The lowest BCUT2D eigenvalue weighted by atomic mass is 9.67. The minimum atomic E-state index is -0.643. The zero-order valence-electron chi connectivity index (χ0n) is 45.0. The van der Waals surface area contributed by atoms with E-state index in [-0.39, 0.29) is 0 Å². The Labute approximate surface area is 479 Å².